The number of carbonyl (C=O) groups excluding carboxylic acids is 1. The number of aromatic nitrogens is 1. The van der Waals surface area contributed by atoms with Crippen molar-refractivity contribution in [3.63, 3.8) is 0 Å². The van der Waals surface area contributed by atoms with Gasteiger partial charge in [0, 0.05) is 28.6 Å². The van der Waals surface area contributed by atoms with E-state index in [1.165, 1.54) is 4.90 Å². The van der Waals surface area contributed by atoms with Crippen molar-refractivity contribution in [3.8, 4) is 0 Å². The number of aliphatic carboxylic acids is 1. The Hall–Kier alpha value is -3.08. The molecule has 0 radical (unpaired) electrons. The number of fused-ring (bicyclic) bond motifs is 3. The van der Waals surface area contributed by atoms with E-state index in [2.05, 4.69) is 18.8 Å². The van der Waals surface area contributed by atoms with Gasteiger partial charge in [0.2, 0.25) is 0 Å². The maximum Gasteiger partial charge on any atom is 0.326 e. The zero-order chi connectivity index (χ0) is 19.1. The standard InChI is InChI=1S/C22H22N2O3/c1-13(2)14-7-9-15(10-8-14)21(25)24-12-19-17(11-20(24)22(26)27)16-5-3-4-6-18(16)23-19/h3-10,13,20,23H,11-12H2,1-2H3,(H,26,27). The Morgan fingerprint density at radius 3 is 2.48 bits per heavy atom. The third kappa shape index (κ3) is 2.99. The highest BCUT2D eigenvalue weighted by Gasteiger charge is 2.36. The average Bonchev–Trinajstić information content (AvgIpc) is 3.04. The molecule has 0 saturated heterocycles. The molecule has 0 fully saturated rings. The quantitative estimate of drug-likeness (QED) is 0.741. The van der Waals surface area contributed by atoms with E-state index >= 15 is 0 Å². The molecule has 5 heteroatoms. The van der Waals surface area contributed by atoms with Crippen LogP contribution in [0.25, 0.3) is 10.9 Å². The highest BCUT2D eigenvalue weighted by atomic mass is 16.4. The van der Waals surface area contributed by atoms with Gasteiger partial charge in [0.15, 0.2) is 0 Å². The number of carbonyl (C=O) groups is 2. The zero-order valence-corrected chi connectivity index (χ0v) is 15.4. The molecule has 5 nitrogen and oxygen atoms in total. The summed E-state index contributed by atoms with van der Waals surface area (Å²) in [4.78, 5) is 29.8. The van der Waals surface area contributed by atoms with Crippen LogP contribution in [-0.2, 0) is 17.8 Å². The number of rotatable bonds is 3. The van der Waals surface area contributed by atoms with E-state index in [1.807, 2.05) is 36.4 Å². The minimum Gasteiger partial charge on any atom is -0.480 e. The molecule has 2 N–H and O–H groups in total. The van der Waals surface area contributed by atoms with Gasteiger partial charge < -0.3 is 15.0 Å². The fourth-order valence-electron chi connectivity index (χ4n) is 3.82. The summed E-state index contributed by atoms with van der Waals surface area (Å²) in [5.74, 6) is -0.843. The van der Waals surface area contributed by atoms with Gasteiger partial charge in [0.25, 0.3) is 5.91 Å². The Labute approximate surface area is 157 Å². The number of nitrogens with zero attached hydrogens (tertiary/aromatic N) is 1. The first-order valence-electron chi connectivity index (χ1n) is 9.18. The molecule has 0 bridgehead atoms. The lowest BCUT2D eigenvalue weighted by molar-refractivity contribution is -0.142. The molecule has 3 aromatic rings. The summed E-state index contributed by atoms with van der Waals surface area (Å²) in [5.41, 5.74) is 4.56. The largest absolute Gasteiger partial charge is 0.480 e. The second-order valence-corrected chi connectivity index (χ2v) is 7.40. The molecule has 0 spiro atoms. The van der Waals surface area contributed by atoms with Crippen LogP contribution in [0.2, 0.25) is 0 Å². The first-order valence-corrected chi connectivity index (χ1v) is 9.18. The predicted molar refractivity (Wildman–Crippen MR) is 104 cm³/mol. The summed E-state index contributed by atoms with van der Waals surface area (Å²) in [6, 6.07) is 14.4. The van der Waals surface area contributed by atoms with Crippen molar-refractivity contribution in [1.29, 1.82) is 0 Å². The van der Waals surface area contributed by atoms with Crippen LogP contribution in [0.3, 0.4) is 0 Å². The number of para-hydroxylation sites is 1. The van der Waals surface area contributed by atoms with Crippen molar-refractivity contribution >= 4 is 22.8 Å². The highest BCUT2D eigenvalue weighted by molar-refractivity contribution is 5.97. The molecule has 2 aromatic carbocycles. The molecule has 1 aromatic heterocycles. The Kier molecular flexibility index (Phi) is 4.22. The summed E-state index contributed by atoms with van der Waals surface area (Å²) in [6.07, 6.45) is 0.310. The van der Waals surface area contributed by atoms with Gasteiger partial charge in [-0.1, -0.05) is 44.2 Å². The minimum absolute atomic E-state index is 0.248. The molecule has 138 valence electrons. The van der Waals surface area contributed by atoms with Crippen LogP contribution < -0.4 is 0 Å². The lowest BCUT2D eigenvalue weighted by atomic mass is 9.95. The van der Waals surface area contributed by atoms with Crippen LogP contribution in [0.15, 0.2) is 48.5 Å². The number of benzene rings is 2. The molecular weight excluding hydrogens is 340 g/mol. The van der Waals surface area contributed by atoms with E-state index in [0.29, 0.717) is 17.9 Å². The second-order valence-electron chi connectivity index (χ2n) is 7.40. The molecule has 4 rings (SSSR count). The van der Waals surface area contributed by atoms with Crippen molar-refractivity contribution in [3.05, 3.63) is 70.9 Å². The monoisotopic (exact) mass is 362 g/mol. The Morgan fingerprint density at radius 2 is 1.81 bits per heavy atom. The summed E-state index contributed by atoms with van der Waals surface area (Å²) < 4.78 is 0. The van der Waals surface area contributed by atoms with E-state index in [4.69, 9.17) is 0 Å². The SMILES string of the molecule is CC(C)c1ccc(C(=O)N2Cc3[nH]c4ccccc4c3CC2C(=O)O)cc1. The predicted octanol–water partition coefficient (Wildman–Crippen LogP) is 3.94. The smallest absolute Gasteiger partial charge is 0.326 e. The fourth-order valence-corrected chi connectivity index (χ4v) is 3.82. The Morgan fingerprint density at radius 1 is 1.11 bits per heavy atom. The maximum atomic E-state index is 13.1. The molecule has 0 aliphatic carbocycles. The number of hydrogen-bond acceptors (Lipinski definition) is 2. The summed E-state index contributed by atoms with van der Waals surface area (Å²) in [5, 5.41) is 10.8. The number of hydrogen-bond donors (Lipinski definition) is 2. The topological polar surface area (TPSA) is 73.4 Å². The number of amides is 1. The van der Waals surface area contributed by atoms with Gasteiger partial charge in [-0.05, 0) is 35.2 Å². The van der Waals surface area contributed by atoms with E-state index in [-0.39, 0.29) is 12.5 Å². The summed E-state index contributed by atoms with van der Waals surface area (Å²) in [6.45, 7) is 4.46. The van der Waals surface area contributed by atoms with Crippen molar-refractivity contribution < 1.29 is 14.7 Å². The van der Waals surface area contributed by atoms with Crippen LogP contribution in [0.5, 0.6) is 0 Å². The first kappa shape index (κ1) is 17.3. The van der Waals surface area contributed by atoms with E-state index in [1.54, 1.807) is 12.1 Å². The molecule has 1 aliphatic rings. The average molecular weight is 362 g/mol. The number of carboxylic acid groups (broad SMARTS) is 1. The van der Waals surface area contributed by atoms with Gasteiger partial charge in [0.1, 0.15) is 6.04 Å². The number of carboxylic acids is 1. The third-order valence-corrected chi connectivity index (χ3v) is 5.37. The molecule has 1 atom stereocenters. The van der Waals surface area contributed by atoms with Gasteiger partial charge in [0.05, 0.1) is 6.54 Å². The number of aromatic amines is 1. The van der Waals surface area contributed by atoms with Crippen LogP contribution in [0.4, 0.5) is 0 Å². The minimum atomic E-state index is -0.974. The van der Waals surface area contributed by atoms with Gasteiger partial charge in [-0.3, -0.25) is 4.79 Å². The van der Waals surface area contributed by atoms with E-state index in [0.717, 1.165) is 27.7 Å². The highest BCUT2D eigenvalue weighted by Crippen LogP contribution is 2.31. The molecule has 27 heavy (non-hydrogen) atoms. The van der Waals surface area contributed by atoms with Crippen LogP contribution in [0, 0.1) is 0 Å². The van der Waals surface area contributed by atoms with Crippen LogP contribution in [0.1, 0.15) is 46.9 Å². The molecule has 0 saturated carbocycles. The van der Waals surface area contributed by atoms with Crippen molar-refractivity contribution in [2.45, 2.75) is 38.8 Å². The van der Waals surface area contributed by atoms with Gasteiger partial charge in [-0.25, -0.2) is 4.79 Å². The molecule has 1 unspecified atom stereocenters. The van der Waals surface area contributed by atoms with E-state index in [9.17, 15) is 14.7 Å². The fraction of sp³-hybridized carbons (Fsp3) is 0.273. The Bertz CT molecular complexity index is 1020. The number of H-pyrrole nitrogens is 1. The van der Waals surface area contributed by atoms with Crippen molar-refractivity contribution in [1.82, 2.24) is 9.88 Å². The maximum absolute atomic E-state index is 13.1. The molecular formula is C22H22N2O3. The van der Waals surface area contributed by atoms with Crippen molar-refractivity contribution in [2.24, 2.45) is 0 Å². The first-order chi connectivity index (χ1) is 13.0. The van der Waals surface area contributed by atoms with Gasteiger partial charge in [-0.2, -0.15) is 0 Å². The third-order valence-electron chi connectivity index (χ3n) is 5.37. The lowest BCUT2D eigenvalue weighted by Gasteiger charge is -2.33. The summed E-state index contributed by atoms with van der Waals surface area (Å²) in [7, 11) is 0. The molecule has 1 aliphatic heterocycles. The van der Waals surface area contributed by atoms with Gasteiger partial charge in [-0.15, -0.1) is 0 Å². The zero-order valence-electron chi connectivity index (χ0n) is 15.4. The van der Waals surface area contributed by atoms with Gasteiger partial charge >= 0.3 is 5.97 Å². The van der Waals surface area contributed by atoms with Crippen LogP contribution >= 0.6 is 0 Å². The molecule has 1 amide bonds. The summed E-state index contributed by atoms with van der Waals surface area (Å²) >= 11 is 0. The Balaban J connectivity index is 1.70. The molecule has 2 heterocycles. The van der Waals surface area contributed by atoms with Crippen LogP contribution in [-0.4, -0.2) is 32.9 Å². The normalized spacial score (nSPS) is 16.6. The van der Waals surface area contributed by atoms with Crippen molar-refractivity contribution in [2.75, 3.05) is 0 Å². The lowest BCUT2D eigenvalue weighted by Crippen LogP contribution is -2.48. The second kappa shape index (κ2) is 6.58. The van der Waals surface area contributed by atoms with E-state index < -0.39 is 12.0 Å². The number of nitrogens with one attached hydrogen (secondary N) is 1.